The molecule has 1 heterocycles. The Kier molecular flexibility index (Phi) is 22.6. The Bertz CT molecular complexity index is 2040. The van der Waals surface area contributed by atoms with Crippen LogP contribution in [-0.4, -0.2) is 94.1 Å². The van der Waals surface area contributed by atoms with Gasteiger partial charge < -0.3 is 14.2 Å². The first-order chi connectivity index (χ1) is 30.3. The molecule has 3 fully saturated rings. The van der Waals surface area contributed by atoms with Crippen LogP contribution in [-0.2, 0) is 43.5 Å². The van der Waals surface area contributed by atoms with E-state index in [0.29, 0.717) is 53.8 Å². The van der Waals surface area contributed by atoms with Crippen LogP contribution in [0.1, 0.15) is 148 Å². The van der Waals surface area contributed by atoms with Gasteiger partial charge in [-0.05, 0) is 160 Å². The molecule has 368 valence electrons. The molecule has 1 aliphatic heterocycles. The van der Waals surface area contributed by atoms with Gasteiger partial charge in [0.2, 0.25) is 6.54 Å². The molecule has 0 bridgehead atoms. The van der Waals surface area contributed by atoms with Crippen molar-refractivity contribution >= 4 is 54.4 Å². The lowest BCUT2D eigenvalue weighted by Crippen LogP contribution is -2.35. The van der Waals surface area contributed by atoms with Gasteiger partial charge in [-0.2, -0.15) is 0 Å². The van der Waals surface area contributed by atoms with Crippen molar-refractivity contribution < 1.29 is 45.6 Å². The van der Waals surface area contributed by atoms with Crippen LogP contribution in [0.3, 0.4) is 0 Å². The predicted octanol–water partition coefficient (Wildman–Crippen LogP) is 10.9. The Morgan fingerprint density at radius 3 is 1.51 bits per heavy atom. The largest absolute Gasteiger partial charge is 0.379 e. The van der Waals surface area contributed by atoms with E-state index < -0.39 is 46.3 Å². The third-order valence-electron chi connectivity index (χ3n) is 13.2. The minimum atomic E-state index is -3.18. The van der Waals surface area contributed by atoms with Gasteiger partial charge in [-0.3, -0.25) is 19.7 Å². The maximum atomic E-state index is 13.1. The number of rotatable bonds is 17. The molecule has 0 amide bonds. The highest BCUT2D eigenvalue weighted by atomic mass is 35.5. The van der Waals surface area contributed by atoms with Gasteiger partial charge in [0, 0.05) is 66.4 Å². The second-order valence-corrected chi connectivity index (χ2v) is 26.6. The first kappa shape index (κ1) is 56.9. The standard InChI is InChI=1S/C23H35ClO5S.C21H30ClNO5S.C5H10O/c1-23(2,3)30(26,27)15-16-9-11-17(12-10-16)21(25)14-20(22(28-4)29-5)18-7-6-8-19(24)13-18;1-21(2,3)29(27,28)14-15-7-9-16(10-8-15)20(24)12-18(13-23(25)26)17-5-4-6-19(22)11-17;1-5-3-2-4-6-5/h6-8,13,16-17,20,22H,9-12,14-15H2,1-5H3;4-6,11,15-16,18H,7-10,12-14H2,1-3H3;5H,2-4H2,1H3. The molecular formula is C49H75Cl2NO11S2. The van der Waals surface area contributed by atoms with Crippen molar-refractivity contribution in [3.05, 3.63) is 79.8 Å². The molecule has 2 saturated carbocycles. The Morgan fingerprint density at radius 2 is 1.15 bits per heavy atom. The van der Waals surface area contributed by atoms with E-state index in [-0.39, 0.29) is 65.6 Å². The van der Waals surface area contributed by atoms with Crippen molar-refractivity contribution in [2.45, 2.75) is 159 Å². The third kappa shape index (κ3) is 18.5. The third-order valence-corrected chi connectivity index (χ3v) is 19.2. The fourth-order valence-electron chi connectivity index (χ4n) is 8.72. The van der Waals surface area contributed by atoms with Crippen molar-refractivity contribution in [2.24, 2.45) is 23.7 Å². The fourth-order valence-corrected chi connectivity index (χ4v) is 12.0. The van der Waals surface area contributed by atoms with E-state index in [0.717, 1.165) is 37.9 Å². The second-order valence-electron chi connectivity index (χ2n) is 20.2. The highest BCUT2D eigenvalue weighted by Gasteiger charge is 2.37. The summed E-state index contributed by atoms with van der Waals surface area (Å²) in [4.78, 5) is 36.6. The highest BCUT2D eigenvalue weighted by molar-refractivity contribution is 7.93. The summed E-state index contributed by atoms with van der Waals surface area (Å²) >= 11 is 12.2. The molecule has 0 radical (unpaired) electrons. The van der Waals surface area contributed by atoms with Crippen LogP contribution in [0, 0.1) is 33.8 Å². The molecule has 3 unspecified atom stereocenters. The van der Waals surface area contributed by atoms with Gasteiger partial charge >= 0.3 is 0 Å². The lowest BCUT2D eigenvalue weighted by molar-refractivity contribution is -0.483. The summed E-state index contributed by atoms with van der Waals surface area (Å²) in [5.74, 6) is -0.183. The molecule has 5 rings (SSSR count). The predicted molar refractivity (Wildman–Crippen MR) is 260 cm³/mol. The maximum absolute atomic E-state index is 13.1. The van der Waals surface area contributed by atoms with Crippen molar-refractivity contribution in [1.82, 2.24) is 0 Å². The van der Waals surface area contributed by atoms with Gasteiger partial charge in [-0.25, -0.2) is 16.8 Å². The van der Waals surface area contributed by atoms with Gasteiger partial charge in [0.1, 0.15) is 11.6 Å². The first-order valence-corrected chi connectivity index (χ1v) is 27.1. The SMILES string of the molecule is CC(C)(C)S(=O)(=O)CC1CCC(C(=O)CC(C[N+](=O)[O-])c2cccc(Cl)c2)CC1.CC1CCCO1.COC(OC)C(CC(=O)C1CCC(CS(=O)(=O)C(C)(C)C)CC1)c1cccc(Cl)c1. The average molecular weight is 989 g/mol. The molecule has 12 nitrogen and oxygen atoms in total. The number of methoxy groups -OCH3 is 2. The minimum absolute atomic E-state index is 0.0222. The number of nitrogens with zero attached hydrogens (tertiary/aromatic N) is 1. The molecule has 65 heavy (non-hydrogen) atoms. The Balaban J connectivity index is 0.000000305. The summed E-state index contributed by atoms with van der Waals surface area (Å²) in [6.07, 6.45) is 8.63. The quantitative estimate of drug-likeness (QED) is 0.0838. The zero-order chi connectivity index (χ0) is 48.8. The van der Waals surface area contributed by atoms with Gasteiger partial charge in [0.05, 0.1) is 33.0 Å². The summed E-state index contributed by atoms with van der Waals surface area (Å²) in [5.41, 5.74) is 1.61. The maximum Gasteiger partial charge on any atom is 0.211 e. The van der Waals surface area contributed by atoms with Gasteiger partial charge in [0.25, 0.3) is 0 Å². The van der Waals surface area contributed by atoms with Crippen molar-refractivity contribution in [1.29, 1.82) is 0 Å². The van der Waals surface area contributed by atoms with Gasteiger partial charge in [-0.15, -0.1) is 0 Å². The fraction of sp³-hybridized carbons (Fsp3) is 0.714. The zero-order valence-corrected chi connectivity index (χ0v) is 43.2. The normalized spacial score (nSPS) is 22.7. The molecule has 16 heteroatoms. The van der Waals surface area contributed by atoms with Crippen molar-refractivity contribution in [3.63, 3.8) is 0 Å². The monoisotopic (exact) mass is 987 g/mol. The van der Waals surface area contributed by atoms with E-state index in [1.807, 2.05) is 18.2 Å². The highest BCUT2D eigenvalue weighted by Crippen LogP contribution is 2.37. The summed E-state index contributed by atoms with van der Waals surface area (Å²) in [7, 11) is -3.19. The molecule has 2 aliphatic carbocycles. The minimum Gasteiger partial charge on any atom is -0.379 e. The molecule has 0 N–H and O–H groups in total. The van der Waals surface area contributed by atoms with E-state index >= 15 is 0 Å². The smallest absolute Gasteiger partial charge is 0.211 e. The van der Waals surface area contributed by atoms with Crippen LogP contribution < -0.4 is 0 Å². The topological polar surface area (TPSA) is 173 Å². The van der Waals surface area contributed by atoms with Crippen LogP contribution in [0.4, 0.5) is 0 Å². The number of ketones is 2. The molecular weight excluding hydrogens is 914 g/mol. The van der Waals surface area contributed by atoms with Crippen LogP contribution in [0.2, 0.25) is 10.0 Å². The number of hydrogen-bond acceptors (Lipinski definition) is 11. The van der Waals surface area contributed by atoms with Crippen molar-refractivity contribution in [3.8, 4) is 0 Å². The summed E-state index contributed by atoms with van der Waals surface area (Å²) in [6.45, 7) is 13.2. The number of ether oxygens (including phenoxy) is 3. The molecule has 2 aromatic rings. The Labute approximate surface area is 399 Å². The number of benzene rings is 2. The number of carbonyl (C=O) groups excluding carboxylic acids is 2. The summed E-state index contributed by atoms with van der Waals surface area (Å²) in [5, 5.41) is 12.2. The van der Waals surface area contributed by atoms with Crippen LogP contribution in [0.5, 0.6) is 0 Å². The molecule has 0 aromatic heterocycles. The van der Waals surface area contributed by atoms with E-state index in [4.69, 9.17) is 37.4 Å². The van der Waals surface area contributed by atoms with Crippen molar-refractivity contribution in [2.75, 3.05) is 38.9 Å². The van der Waals surface area contributed by atoms with E-state index in [1.165, 1.54) is 12.8 Å². The van der Waals surface area contributed by atoms with E-state index in [2.05, 4.69) is 6.92 Å². The summed E-state index contributed by atoms with van der Waals surface area (Å²) in [6, 6.07) is 14.3. The Hall–Kier alpha value is -2.46. The molecule has 1 saturated heterocycles. The van der Waals surface area contributed by atoms with Gasteiger partial charge in [0.15, 0.2) is 26.0 Å². The first-order valence-electron chi connectivity index (χ1n) is 23.1. The molecule has 3 aliphatic rings. The molecule has 0 spiro atoms. The Morgan fingerprint density at radius 1 is 0.723 bits per heavy atom. The lowest BCUT2D eigenvalue weighted by Gasteiger charge is -2.31. The van der Waals surface area contributed by atoms with E-state index in [9.17, 15) is 36.5 Å². The molecule has 2 aromatic carbocycles. The number of sulfone groups is 2. The van der Waals surface area contributed by atoms with Gasteiger partial charge in [-0.1, -0.05) is 47.5 Å². The number of nitro groups is 1. The number of halogens is 2. The second kappa shape index (κ2) is 25.8. The number of carbonyl (C=O) groups is 2. The van der Waals surface area contributed by atoms with Crippen LogP contribution in [0.25, 0.3) is 0 Å². The van der Waals surface area contributed by atoms with Crippen LogP contribution in [0.15, 0.2) is 48.5 Å². The number of hydrogen-bond donors (Lipinski definition) is 0. The summed E-state index contributed by atoms with van der Waals surface area (Å²) < 4.78 is 64.4. The van der Waals surface area contributed by atoms with Crippen LogP contribution >= 0.6 is 23.2 Å². The average Bonchev–Trinajstić information content (AvgIpc) is 3.71. The van der Waals surface area contributed by atoms with E-state index in [1.54, 1.807) is 86.1 Å². The molecule has 3 atom stereocenters. The lowest BCUT2D eigenvalue weighted by atomic mass is 9.78. The number of Topliss-reactive ketones (excluding diaryl/α,β-unsaturated/α-hetero) is 2. The zero-order valence-electron chi connectivity index (χ0n) is 40.1.